The summed E-state index contributed by atoms with van der Waals surface area (Å²) in [7, 11) is 0. The van der Waals surface area contributed by atoms with Gasteiger partial charge in [-0.3, -0.25) is 9.59 Å². The molecule has 7 nitrogen and oxygen atoms in total. The third-order valence-corrected chi connectivity index (χ3v) is 4.85. The molecule has 1 aromatic rings. The second-order valence-electron chi connectivity index (χ2n) is 7.34. The van der Waals surface area contributed by atoms with Gasteiger partial charge >= 0.3 is 6.18 Å². The molecule has 1 aromatic heterocycles. The van der Waals surface area contributed by atoms with E-state index in [9.17, 15) is 22.8 Å². The molecule has 150 valence electrons. The van der Waals surface area contributed by atoms with Gasteiger partial charge in [0.05, 0.1) is 6.54 Å². The van der Waals surface area contributed by atoms with Crippen LogP contribution in [0.4, 0.5) is 13.2 Å². The number of carbonyl (C=O) groups excluding carboxylic acids is 2. The highest BCUT2D eigenvalue weighted by Gasteiger charge is 2.48. The van der Waals surface area contributed by atoms with Crippen LogP contribution in [0.5, 0.6) is 0 Å². The Labute approximate surface area is 154 Å². The van der Waals surface area contributed by atoms with Gasteiger partial charge in [-0.2, -0.15) is 13.2 Å². The van der Waals surface area contributed by atoms with Crippen LogP contribution in [0.25, 0.3) is 0 Å². The Kier molecular flexibility index (Phi) is 5.20. The van der Waals surface area contributed by atoms with E-state index in [-0.39, 0.29) is 25.0 Å². The Morgan fingerprint density at radius 1 is 1.37 bits per heavy atom. The average molecular weight is 388 g/mol. The molecule has 3 rings (SSSR count). The van der Waals surface area contributed by atoms with Crippen molar-refractivity contribution in [3.63, 3.8) is 0 Å². The summed E-state index contributed by atoms with van der Waals surface area (Å²) in [4.78, 5) is 29.8. The van der Waals surface area contributed by atoms with Crippen molar-refractivity contribution in [3.8, 4) is 0 Å². The minimum atomic E-state index is -4.52. The maximum atomic E-state index is 12.5. The smallest absolute Gasteiger partial charge is 0.352 e. The van der Waals surface area contributed by atoms with Crippen molar-refractivity contribution >= 4 is 11.8 Å². The number of fused-ring (bicyclic) bond motifs is 2. The van der Waals surface area contributed by atoms with Crippen LogP contribution < -0.4 is 5.32 Å². The lowest BCUT2D eigenvalue weighted by molar-refractivity contribution is -0.181. The summed E-state index contributed by atoms with van der Waals surface area (Å²) in [5.74, 6) is -0.524. The fourth-order valence-corrected chi connectivity index (χ4v) is 3.65. The van der Waals surface area contributed by atoms with Gasteiger partial charge < -0.3 is 19.5 Å². The van der Waals surface area contributed by atoms with E-state index in [1.54, 1.807) is 12.4 Å². The zero-order chi connectivity index (χ0) is 19.8. The van der Waals surface area contributed by atoms with Crippen LogP contribution in [0, 0.1) is 0 Å². The van der Waals surface area contributed by atoms with Gasteiger partial charge in [-0.15, -0.1) is 0 Å². The van der Waals surface area contributed by atoms with E-state index in [1.165, 1.54) is 4.90 Å². The largest absolute Gasteiger partial charge is 0.397 e. The molecule has 3 heterocycles. The third-order valence-electron chi connectivity index (χ3n) is 4.85. The molecule has 1 atom stereocenters. The normalized spacial score (nSPS) is 22.0. The van der Waals surface area contributed by atoms with Crippen molar-refractivity contribution in [2.45, 2.75) is 63.6 Å². The second-order valence-corrected chi connectivity index (χ2v) is 7.34. The molecule has 1 spiro atoms. The van der Waals surface area contributed by atoms with Crippen LogP contribution in [-0.2, 0) is 26.5 Å². The zero-order valence-electron chi connectivity index (χ0n) is 15.3. The van der Waals surface area contributed by atoms with Crippen molar-refractivity contribution in [2.24, 2.45) is 0 Å². The van der Waals surface area contributed by atoms with Gasteiger partial charge in [-0.1, -0.05) is 0 Å². The van der Waals surface area contributed by atoms with Gasteiger partial charge in [0, 0.05) is 44.4 Å². The molecule has 1 unspecified atom stereocenters. The summed E-state index contributed by atoms with van der Waals surface area (Å²) in [5, 5.41) is 2.82. The Morgan fingerprint density at radius 2 is 2.04 bits per heavy atom. The lowest BCUT2D eigenvalue weighted by Crippen LogP contribution is -2.55. The molecule has 2 aliphatic heterocycles. The highest BCUT2D eigenvalue weighted by Crippen LogP contribution is 2.40. The van der Waals surface area contributed by atoms with Crippen molar-refractivity contribution in [1.29, 1.82) is 0 Å². The van der Waals surface area contributed by atoms with Gasteiger partial charge in [0.2, 0.25) is 5.91 Å². The number of nitrogens with zero attached hydrogens (tertiary/aromatic N) is 3. The monoisotopic (exact) mass is 388 g/mol. The molecule has 0 aliphatic carbocycles. The van der Waals surface area contributed by atoms with Crippen molar-refractivity contribution in [2.75, 3.05) is 13.1 Å². The summed E-state index contributed by atoms with van der Waals surface area (Å²) in [6, 6.07) is -0.0388. The number of imidazole rings is 1. The predicted octanol–water partition coefficient (Wildman–Crippen LogP) is 1.58. The van der Waals surface area contributed by atoms with E-state index < -0.39 is 30.2 Å². The van der Waals surface area contributed by atoms with E-state index in [0.29, 0.717) is 25.2 Å². The summed E-state index contributed by atoms with van der Waals surface area (Å²) in [6.07, 6.45) is -2.75. The number of amides is 2. The van der Waals surface area contributed by atoms with E-state index in [0.717, 1.165) is 0 Å². The number of nitrogens with one attached hydrogen (secondary N) is 1. The second kappa shape index (κ2) is 7.14. The van der Waals surface area contributed by atoms with Crippen molar-refractivity contribution < 1.29 is 27.5 Å². The first-order valence-electron chi connectivity index (χ1n) is 8.94. The maximum Gasteiger partial charge on any atom is 0.397 e. The number of halogens is 3. The number of aromatic nitrogens is 2. The predicted molar refractivity (Wildman–Crippen MR) is 88.5 cm³/mol. The summed E-state index contributed by atoms with van der Waals surface area (Å²) in [6.45, 7) is 4.28. The minimum Gasteiger partial charge on any atom is -0.352 e. The van der Waals surface area contributed by atoms with Gasteiger partial charge in [-0.25, -0.2) is 4.98 Å². The molecule has 0 bridgehead atoms. The fraction of sp³-hybridized carbons (Fsp3) is 0.706. The van der Waals surface area contributed by atoms with Crippen LogP contribution in [0.1, 0.15) is 38.9 Å². The van der Waals surface area contributed by atoms with Crippen molar-refractivity contribution in [3.05, 3.63) is 18.2 Å². The quantitative estimate of drug-likeness (QED) is 0.853. The van der Waals surface area contributed by atoms with Crippen LogP contribution in [0.15, 0.2) is 12.4 Å². The van der Waals surface area contributed by atoms with Gasteiger partial charge in [0.25, 0.3) is 5.91 Å². The lowest BCUT2D eigenvalue weighted by Gasteiger charge is -2.45. The van der Waals surface area contributed by atoms with Crippen molar-refractivity contribution in [1.82, 2.24) is 19.8 Å². The maximum absolute atomic E-state index is 12.5. The number of carbonyl (C=O) groups is 2. The van der Waals surface area contributed by atoms with E-state index in [1.807, 2.05) is 18.4 Å². The molecule has 1 N–H and O–H groups in total. The molecular weight excluding hydrogens is 365 g/mol. The number of likely N-dealkylation sites (tertiary alicyclic amines) is 1. The summed E-state index contributed by atoms with van der Waals surface area (Å²) in [5.41, 5.74) is -0.879. The lowest BCUT2D eigenvalue weighted by atomic mass is 9.88. The molecule has 0 aromatic carbocycles. The van der Waals surface area contributed by atoms with E-state index >= 15 is 0 Å². The van der Waals surface area contributed by atoms with Gasteiger partial charge in [-0.05, 0) is 13.8 Å². The number of ether oxygens (including phenoxy) is 1. The Morgan fingerprint density at radius 3 is 2.63 bits per heavy atom. The van der Waals surface area contributed by atoms with Crippen LogP contribution in [0.3, 0.4) is 0 Å². The molecule has 1 fully saturated rings. The molecular formula is C17H23F3N4O3. The topological polar surface area (TPSA) is 76.5 Å². The van der Waals surface area contributed by atoms with E-state index in [4.69, 9.17) is 4.74 Å². The Hall–Kier alpha value is -2.10. The molecule has 0 radical (unpaired) electrons. The first-order chi connectivity index (χ1) is 12.6. The van der Waals surface area contributed by atoms with Crippen LogP contribution in [-0.4, -0.2) is 57.7 Å². The summed E-state index contributed by atoms with van der Waals surface area (Å²) < 4.78 is 45.4. The standard InChI is InChI=1S/C17H23F3N4O3/c1-11(2)22-14(26)12-10-24-8-5-21-15(24)16(27-12)3-6-23(7-4-16)13(25)9-17(18,19)20/h5,8,11-12H,3-4,6-7,9-10H2,1-2H3,(H,22,26). The molecule has 0 saturated carbocycles. The number of hydrogen-bond acceptors (Lipinski definition) is 4. The van der Waals surface area contributed by atoms with Gasteiger partial charge in [0.15, 0.2) is 6.10 Å². The highest BCUT2D eigenvalue weighted by molar-refractivity contribution is 5.81. The highest BCUT2D eigenvalue weighted by atomic mass is 19.4. The molecule has 1 saturated heterocycles. The molecule has 10 heteroatoms. The first kappa shape index (κ1) is 19.7. The summed E-state index contributed by atoms with van der Waals surface area (Å²) >= 11 is 0. The number of hydrogen-bond donors (Lipinski definition) is 1. The zero-order valence-corrected chi connectivity index (χ0v) is 15.3. The molecule has 27 heavy (non-hydrogen) atoms. The Balaban J connectivity index is 1.74. The van der Waals surface area contributed by atoms with Crippen LogP contribution in [0.2, 0.25) is 0 Å². The minimum absolute atomic E-state index is 0.0388. The molecule has 2 amide bonds. The number of piperidine rings is 1. The van der Waals surface area contributed by atoms with E-state index in [2.05, 4.69) is 10.3 Å². The SMILES string of the molecule is CC(C)NC(=O)C1Cn2ccnc2C2(CCN(C(=O)CC(F)(F)F)CC2)O1. The Bertz CT molecular complexity index is 709. The van der Waals surface area contributed by atoms with Crippen LogP contribution >= 0.6 is 0 Å². The fourth-order valence-electron chi connectivity index (χ4n) is 3.65. The number of alkyl halides is 3. The van der Waals surface area contributed by atoms with Gasteiger partial charge in [0.1, 0.15) is 17.8 Å². The average Bonchev–Trinajstić information content (AvgIpc) is 3.02. The molecule has 2 aliphatic rings. The number of rotatable bonds is 3. The third kappa shape index (κ3) is 4.26. The first-order valence-corrected chi connectivity index (χ1v) is 8.94.